The van der Waals surface area contributed by atoms with Gasteiger partial charge in [-0.05, 0) is 60.5 Å². The molecule has 1 heterocycles. The molecule has 1 aliphatic heterocycles. The molecule has 0 spiro atoms. The molecule has 0 unspecified atom stereocenters. The normalized spacial score (nSPS) is 15.5. The summed E-state index contributed by atoms with van der Waals surface area (Å²) in [5.74, 6) is 0.155. The number of nitrogens with zero attached hydrogens (tertiary/aromatic N) is 1. The van der Waals surface area contributed by atoms with Crippen molar-refractivity contribution in [2.75, 3.05) is 11.9 Å². The van der Waals surface area contributed by atoms with E-state index in [0.29, 0.717) is 20.7 Å². The van der Waals surface area contributed by atoms with Crippen LogP contribution in [0.3, 0.4) is 0 Å². The highest BCUT2D eigenvalue weighted by atomic mass is 79.9. The maximum atomic E-state index is 13.1. The lowest BCUT2D eigenvalue weighted by Gasteiger charge is -2.23. The standard InChI is InChI=1S/C26H21BrN2O3S2/c1-17(19-7-3-2-4-8-19)29-25(31)23(34-26(29)33)15-18-6-5-9-22(14-18)32-16-24(30)28-21-12-10-20(27)11-13-21/h2-15,17H,16H2,1H3,(H,28,30)/b23-15-/t17-/m1/s1. The lowest BCUT2D eigenvalue weighted by molar-refractivity contribution is -0.123. The van der Waals surface area contributed by atoms with Crippen molar-refractivity contribution in [1.29, 1.82) is 0 Å². The summed E-state index contributed by atoms with van der Waals surface area (Å²) in [5.41, 5.74) is 2.51. The van der Waals surface area contributed by atoms with E-state index < -0.39 is 0 Å². The smallest absolute Gasteiger partial charge is 0.266 e. The Kier molecular flexibility index (Phi) is 7.82. The predicted molar refractivity (Wildman–Crippen MR) is 145 cm³/mol. The third-order valence-electron chi connectivity index (χ3n) is 5.15. The van der Waals surface area contributed by atoms with E-state index in [0.717, 1.165) is 15.6 Å². The van der Waals surface area contributed by atoms with E-state index in [1.807, 2.05) is 61.5 Å². The van der Waals surface area contributed by atoms with E-state index in [9.17, 15) is 9.59 Å². The van der Waals surface area contributed by atoms with Crippen molar-refractivity contribution in [2.45, 2.75) is 13.0 Å². The number of carbonyl (C=O) groups is 2. The third-order valence-corrected chi connectivity index (χ3v) is 7.01. The summed E-state index contributed by atoms with van der Waals surface area (Å²) in [6.45, 7) is 1.84. The van der Waals surface area contributed by atoms with Crippen LogP contribution in [0, 0.1) is 0 Å². The van der Waals surface area contributed by atoms with Crippen LogP contribution in [0.4, 0.5) is 5.69 Å². The average Bonchev–Trinajstić information content (AvgIpc) is 3.12. The Morgan fingerprint density at radius 2 is 1.85 bits per heavy atom. The maximum absolute atomic E-state index is 13.1. The van der Waals surface area contributed by atoms with Gasteiger partial charge in [0.15, 0.2) is 6.61 Å². The topological polar surface area (TPSA) is 58.6 Å². The summed E-state index contributed by atoms with van der Waals surface area (Å²) in [6, 6.07) is 24.2. The molecule has 3 aromatic carbocycles. The van der Waals surface area contributed by atoms with Gasteiger partial charge in [0.25, 0.3) is 11.8 Å². The van der Waals surface area contributed by atoms with Crippen LogP contribution in [0.2, 0.25) is 0 Å². The molecule has 1 atom stereocenters. The zero-order valence-electron chi connectivity index (χ0n) is 18.2. The Hall–Kier alpha value is -2.94. The van der Waals surface area contributed by atoms with Crippen molar-refractivity contribution < 1.29 is 14.3 Å². The van der Waals surface area contributed by atoms with Gasteiger partial charge in [0, 0.05) is 10.2 Å². The lowest BCUT2D eigenvalue weighted by atomic mass is 10.1. The molecule has 8 heteroatoms. The summed E-state index contributed by atoms with van der Waals surface area (Å²) < 4.78 is 7.12. The molecule has 1 aliphatic rings. The minimum atomic E-state index is -0.261. The summed E-state index contributed by atoms with van der Waals surface area (Å²) in [6.07, 6.45) is 1.80. The number of nitrogens with one attached hydrogen (secondary N) is 1. The minimum Gasteiger partial charge on any atom is -0.484 e. The highest BCUT2D eigenvalue weighted by Crippen LogP contribution is 2.38. The first-order valence-electron chi connectivity index (χ1n) is 10.5. The van der Waals surface area contributed by atoms with Crippen molar-refractivity contribution in [3.63, 3.8) is 0 Å². The number of hydrogen-bond donors (Lipinski definition) is 1. The lowest BCUT2D eigenvalue weighted by Crippen LogP contribution is -2.30. The van der Waals surface area contributed by atoms with Crippen LogP contribution in [-0.4, -0.2) is 27.6 Å². The number of thiocarbonyl (C=S) groups is 1. The zero-order valence-corrected chi connectivity index (χ0v) is 21.5. The minimum absolute atomic E-state index is 0.119. The number of anilines is 1. The van der Waals surface area contributed by atoms with Gasteiger partial charge in [0.05, 0.1) is 10.9 Å². The number of benzene rings is 3. The second-order valence-electron chi connectivity index (χ2n) is 7.55. The van der Waals surface area contributed by atoms with Crippen molar-refractivity contribution >= 4 is 67.8 Å². The van der Waals surface area contributed by atoms with Crippen molar-refractivity contribution in [3.05, 3.63) is 99.4 Å². The summed E-state index contributed by atoms with van der Waals surface area (Å²) in [5, 5.41) is 2.79. The summed E-state index contributed by atoms with van der Waals surface area (Å²) in [4.78, 5) is 27.5. The number of amides is 2. The van der Waals surface area contributed by atoms with Crippen LogP contribution in [0.25, 0.3) is 6.08 Å². The highest BCUT2D eigenvalue weighted by molar-refractivity contribution is 9.10. The number of carbonyl (C=O) groups excluding carboxylic acids is 2. The molecule has 3 aromatic rings. The Balaban J connectivity index is 1.41. The number of halogens is 1. The van der Waals surface area contributed by atoms with Gasteiger partial charge in [-0.1, -0.05) is 82.4 Å². The van der Waals surface area contributed by atoms with Crippen LogP contribution < -0.4 is 10.1 Å². The Morgan fingerprint density at radius 1 is 1.12 bits per heavy atom. The van der Waals surface area contributed by atoms with Gasteiger partial charge in [-0.2, -0.15) is 0 Å². The SMILES string of the molecule is C[C@H](c1ccccc1)N1C(=O)/C(=C/c2cccc(OCC(=O)Nc3ccc(Br)cc3)c2)SC1=S. The van der Waals surface area contributed by atoms with Gasteiger partial charge < -0.3 is 10.1 Å². The molecule has 4 rings (SSSR count). The average molecular weight is 554 g/mol. The zero-order chi connectivity index (χ0) is 24.1. The second kappa shape index (κ2) is 11.0. The van der Waals surface area contributed by atoms with E-state index in [4.69, 9.17) is 17.0 Å². The molecular weight excluding hydrogens is 532 g/mol. The van der Waals surface area contributed by atoms with E-state index in [2.05, 4.69) is 21.2 Å². The molecule has 0 aromatic heterocycles. The Morgan fingerprint density at radius 3 is 2.59 bits per heavy atom. The number of rotatable bonds is 7. The van der Waals surface area contributed by atoms with Gasteiger partial charge in [-0.3, -0.25) is 14.5 Å². The molecule has 0 bridgehead atoms. The van der Waals surface area contributed by atoms with Crippen molar-refractivity contribution in [2.24, 2.45) is 0 Å². The summed E-state index contributed by atoms with van der Waals surface area (Å²) in [7, 11) is 0. The maximum Gasteiger partial charge on any atom is 0.266 e. The first-order valence-corrected chi connectivity index (χ1v) is 12.5. The summed E-state index contributed by atoms with van der Waals surface area (Å²) >= 11 is 10.2. The van der Waals surface area contributed by atoms with Gasteiger partial charge in [0.2, 0.25) is 0 Å². The predicted octanol–water partition coefficient (Wildman–Crippen LogP) is 6.43. The number of hydrogen-bond acceptors (Lipinski definition) is 5. The van der Waals surface area contributed by atoms with Gasteiger partial charge in [0.1, 0.15) is 10.1 Å². The Bertz CT molecular complexity index is 1250. The second-order valence-corrected chi connectivity index (χ2v) is 10.1. The third kappa shape index (κ3) is 5.94. The Labute approximate surface area is 216 Å². The molecule has 1 fully saturated rings. The molecule has 34 heavy (non-hydrogen) atoms. The molecule has 0 radical (unpaired) electrons. The fourth-order valence-corrected chi connectivity index (χ4v) is 5.10. The van der Waals surface area contributed by atoms with Gasteiger partial charge >= 0.3 is 0 Å². The molecule has 0 aliphatic carbocycles. The van der Waals surface area contributed by atoms with Crippen LogP contribution >= 0.6 is 39.9 Å². The van der Waals surface area contributed by atoms with E-state index in [1.54, 1.807) is 35.2 Å². The molecule has 0 saturated carbocycles. The van der Waals surface area contributed by atoms with E-state index in [1.165, 1.54) is 11.8 Å². The molecule has 2 amide bonds. The van der Waals surface area contributed by atoms with Gasteiger partial charge in [-0.25, -0.2) is 0 Å². The fourth-order valence-electron chi connectivity index (χ4n) is 3.42. The van der Waals surface area contributed by atoms with Crippen LogP contribution in [0.15, 0.2) is 88.2 Å². The number of thioether (sulfide) groups is 1. The van der Waals surface area contributed by atoms with Crippen LogP contribution in [0.1, 0.15) is 24.1 Å². The molecule has 1 N–H and O–H groups in total. The molecule has 172 valence electrons. The first-order chi connectivity index (χ1) is 16.4. The van der Waals surface area contributed by atoms with Crippen LogP contribution in [-0.2, 0) is 9.59 Å². The molecule has 1 saturated heterocycles. The highest BCUT2D eigenvalue weighted by Gasteiger charge is 2.35. The molecular formula is C26H21BrN2O3S2. The largest absolute Gasteiger partial charge is 0.484 e. The van der Waals surface area contributed by atoms with Crippen molar-refractivity contribution in [3.8, 4) is 5.75 Å². The van der Waals surface area contributed by atoms with E-state index >= 15 is 0 Å². The van der Waals surface area contributed by atoms with Crippen molar-refractivity contribution in [1.82, 2.24) is 4.90 Å². The van der Waals surface area contributed by atoms with Gasteiger partial charge in [-0.15, -0.1) is 0 Å². The quantitative estimate of drug-likeness (QED) is 0.270. The molecule has 5 nitrogen and oxygen atoms in total. The number of ether oxygens (including phenoxy) is 1. The fraction of sp³-hybridized carbons (Fsp3) is 0.115. The monoisotopic (exact) mass is 552 g/mol. The van der Waals surface area contributed by atoms with Crippen LogP contribution in [0.5, 0.6) is 5.75 Å². The first kappa shape index (κ1) is 24.2. The van der Waals surface area contributed by atoms with E-state index in [-0.39, 0.29) is 24.5 Å².